The van der Waals surface area contributed by atoms with Gasteiger partial charge in [-0.15, -0.1) is 0 Å². The number of nitrogens with zero attached hydrogens (tertiary/aromatic N) is 1. The average Bonchev–Trinajstić information content (AvgIpc) is 2.82. The molecule has 0 amide bonds. The van der Waals surface area contributed by atoms with Crippen molar-refractivity contribution in [2.45, 2.75) is 45.1 Å². The number of likely N-dealkylation sites (N-methyl/N-ethyl adjacent to an activating group) is 2. The molecule has 0 radical (unpaired) electrons. The third kappa shape index (κ3) is 5.84. The van der Waals surface area contributed by atoms with Gasteiger partial charge in [-0.1, -0.05) is 19.8 Å². The summed E-state index contributed by atoms with van der Waals surface area (Å²) in [5.74, 6) is 0.903. The van der Waals surface area contributed by atoms with E-state index in [-0.39, 0.29) is 0 Å². The van der Waals surface area contributed by atoms with Crippen molar-refractivity contribution in [2.24, 2.45) is 5.92 Å². The summed E-state index contributed by atoms with van der Waals surface area (Å²) < 4.78 is 5.10. The number of rotatable bonds is 9. The van der Waals surface area contributed by atoms with Crippen LogP contribution in [-0.2, 0) is 4.74 Å². The molecule has 1 aliphatic rings. The van der Waals surface area contributed by atoms with Gasteiger partial charge in [0.1, 0.15) is 0 Å². The Balaban J connectivity index is 2.26. The summed E-state index contributed by atoms with van der Waals surface area (Å²) in [6, 6.07) is 0.690. The van der Waals surface area contributed by atoms with E-state index in [9.17, 15) is 0 Å². The molecule has 0 bridgehead atoms. The van der Waals surface area contributed by atoms with Gasteiger partial charge in [0.25, 0.3) is 0 Å². The molecule has 1 rings (SSSR count). The fraction of sp³-hybridized carbons (Fsp3) is 1.00. The van der Waals surface area contributed by atoms with E-state index in [4.69, 9.17) is 4.74 Å². The Morgan fingerprint density at radius 3 is 2.65 bits per heavy atom. The van der Waals surface area contributed by atoms with Crippen LogP contribution in [0, 0.1) is 5.92 Å². The van der Waals surface area contributed by atoms with Crippen LogP contribution in [0.1, 0.15) is 39.0 Å². The molecule has 0 aromatic heterocycles. The molecule has 102 valence electrons. The third-order valence-electron chi connectivity index (χ3n) is 3.83. The molecular weight excluding hydrogens is 212 g/mol. The SMILES string of the molecule is CCNC(CN(C)CCCOC)C1CCCC1. The molecular formula is C14H30N2O. The van der Waals surface area contributed by atoms with Crippen molar-refractivity contribution in [2.75, 3.05) is 40.4 Å². The summed E-state index contributed by atoms with van der Waals surface area (Å²) in [6.45, 7) is 6.50. The highest BCUT2D eigenvalue weighted by atomic mass is 16.5. The zero-order chi connectivity index (χ0) is 12.5. The van der Waals surface area contributed by atoms with Gasteiger partial charge in [0.2, 0.25) is 0 Å². The van der Waals surface area contributed by atoms with Crippen molar-refractivity contribution in [1.29, 1.82) is 0 Å². The van der Waals surface area contributed by atoms with E-state index < -0.39 is 0 Å². The Morgan fingerprint density at radius 2 is 2.06 bits per heavy atom. The van der Waals surface area contributed by atoms with Crippen LogP contribution in [0.4, 0.5) is 0 Å². The Bertz CT molecular complexity index is 181. The molecule has 1 N–H and O–H groups in total. The van der Waals surface area contributed by atoms with Crippen molar-refractivity contribution in [3.63, 3.8) is 0 Å². The first-order valence-electron chi connectivity index (χ1n) is 7.18. The maximum absolute atomic E-state index is 5.10. The summed E-state index contributed by atoms with van der Waals surface area (Å²) in [5.41, 5.74) is 0. The first-order valence-corrected chi connectivity index (χ1v) is 7.18. The van der Waals surface area contributed by atoms with Crippen molar-refractivity contribution >= 4 is 0 Å². The van der Waals surface area contributed by atoms with E-state index in [0.717, 1.165) is 32.0 Å². The summed E-state index contributed by atoms with van der Waals surface area (Å²) >= 11 is 0. The monoisotopic (exact) mass is 242 g/mol. The standard InChI is InChI=1S/C14H30N2O/c1-4-15-14(13-8-5-6-9-13)12-16(2)10-7-11-17-3/h13-15H,4-12H2,1-3H3. The minimum atomic E-state index is 0.690. The zero-order valence-corrected chi connectivity index (χ0v) is 11.9. The van der Waals surface area contributed by atoms with Crippen LogP contribution in [0.2, 0.25) is 0 Å². The van der Waals surface area contributed by atoms with E-state index in [2.05, 4.69) is 24.2 Å². The van der Waals surface area contributed by atoms with Crippen molar-refractivity contribution in [3.8, 4) is 0 Å². The molecule has 3 heteroatoms. The van der Waals surface area contributed by atoms with E-state index in [0.29, 0.717) is 6.04 Å². The van der Waals surface area contributed by atoms with Gasteiger partial charge in [0.05, 0.1) is 0 Å². The van der Waals surface area contributed by atoms with Gasteiger partial charge in [0, 0.05) is 32.8 Å². The highest BCUT2D eigenvalue weighted by molar-refractivity contribution is 4.82. The minimum Gasteiger partial charge on any atom is -0.385 e. The Labute approximate surface area is 107 Å². The van der Waals surface area contributed by atoms with Crippen LogP contribution in [-0.4, -0.2) is 51.3 Å². The van der Waals surface area contributed by atoms with Crippen LogP contribution < -0.4 is 5.32 Å². The first kappa shape index (κ1) is 14.9. The quantitative estimate of drug-likeness (QED) is 0.627. The van der Waals surface area contributed by atoms with E-state index in [1.54, 1.807) is 7.11 Å². The lowest BCUT2D eigenvalue weighted by molar-refractivity contribution is 0.171. The van der Waals surface area contributed by atoms with Crippen molar-refractivity contribution in [3.05, 3.63) is 0 Å². The van der Waals surface area contributed by atoms with Gasteiger partial charge in [-0.25, -0.2) is 0 Å². The van der Waals surface area contributed by atoms with E-state index in [1.165, 1.54) is 32.2 Å². The number of hydrogen-bond acceptors (Lipinski definition) is 3. The van der Waals surface area contributed by atoms with Crippen LogP contribution in [0.25, 0.3) is 0 Å². The van der Waals surface area contributed by atoms with Gasteiger partial charge in [-0.3, -0.25) is 0 Å². The van der Waals surface area contributed by atoms with Gasteiger partial charge in [-0.2, -0.15) is 0 Å². The van der Waals surface area contributed by atoms with Crippen molar-refractivity contribution in [1.82, 2.24) is 10.2 Å². The second-order valence-corrected chi connectivity index (χ2v) is 5.32. The Kier molecular flexibility index (Phi) is 7.82. The second-order valence-electron chi connectivity index (χ2n) is 5.32. The maximum atomic E-state index is 5.10. The van der Waals surface area contributed by atoms with Gasteiger partial charge >= 0.3 is 0 Å². The Hall–Kier alpha value is -0.120. The molecule has 1 saturated carbocycles. The molecule has 1 atom stereocenters. The van der Waals surface area contributed by atoms with Gasteiger partial charge in [0.15, 0.2) is 0 Å². The topological polar surface area (TPSA) is 24.5 Å². The molecule has 17 heavy (non-hydrogen) atoms. The first-order chi connectivity index (χ1) is 8.27. The summed E-state index contributed by atoms with van der Waals surface area (Å²) in [7, 11) is 4.01. The average molecular weight is 242 g/mol. The molecule has 3 nitrogen and oxygen atoms in total. The number of ether oxygens (including phenoxy) is 1. The fourth-order valence-corrected chi connectivity index (χ4v) is 2.91. The molecule has 0 aromatic carbocycles. The second kappa shape index (κ2) is 8.90. The summed E-state index contributed by atoms with van der Waals surface area (Å²) in [4.78, 5) is 2.45. The molecule has 0 spiro atoms. The zero-order valence-electron chi connectivity index (χ0n) is 11.9. The molecule has 1 aliphatic carbocycles. The fourth-order valence-electron chi connectivity index (χ4n) is 2.91. The normalized spacial score (nSPS) is 19.1. The summed E-state index contributed by atoms with van der Waals surface area (Å²) in [6.07, 6.45) is 6.84. The molecule has 0 aliphatic heterocycles. The molecule has 1 unspecified atom stereocenters. The van der Waals surface area contributed by atoms with Gasteiger partial charge in [-0.05, 0) is 38.8 Å². The lowest BCUT2D eigenvalue weighted by atomic mass is 9.97. The molecule has 1 fully saturated rings. The lowest BCUT2D eigenvalue weighted by Crippen LogP contribution is -2.44. The van der Waals surface area contributed by atoms with E-state index in [1.807, 2.05) is 0 Å². The molecule has 0 saturated heterocycles. The maximum Gasteiger partial charge on any atom is 0.0474 e. The van der Waals surface area contributed by atoms with Crippen LogP contribution in [0.15, 0.2) is 0 Å². The van der Waals surface area contributed by atoms with Crippen LogP contribution in [0.3, 0.4) is 0 Å². The largest absolute Gasteiger partial charge is 0.385 e. The van der Waals surface area contributed by atoms with E-state index >= 15 is 0 Å². The van der Waals surface area contributed by atoms with Gasteiger partial charge < -0.3 is 15.0 Å². The smallest absolute Gasteiger partial charge is 0.0474 e. The third-order valence-corrected chi connectivity index (χ3v) is 3.83. The van der Waals surface area contributed by atoms with Crippen LogP contribution >= 0.6 is 0 Å². The highest BCUT2D eigenvalue weighted by Crippen LogP contribution is 2.28. The summed E-state index contributed by atoms with van der Waals surface area (Å²) in [5, 5.41) is 3.67. The number of nitrogens with one attached hydrogen (secondary N) is 1. The Morgan fingerprint density at radius 1 is 1.35 bits per heavy atom. The number of methoxy groups -OCH3 is 1. The van der Waals surface area contributed by atoms with Crippen LogP contribution in [0.5, 0.6) is 0 Å². The van der Waals surface area contributed by atoms with Crippen molar-refractivity contribution < 1.29 is 4.74 Å². The lowest BCUT2D eigenvalue weighted by Gasteiger charge is -2.29. The molecule has 0 aromatic rings. The predicted octanol–water partition coefficient (Wildman–Crippen LogP) is 2.12. The molecule has 0 heterocycles. The predicted molar refractivity (Wildman–Crippen MR) is 73.4 cm³/mol. The minimum absolute atomic E-state index is 0.690. The number of hydrogen-bond donors (Lipinski definition) is 1. The highest BCUT2D eigenvalue weighted by Gasteiger charge is 2.24.